The molecule has 2 aromatic heterocycles. The van der Waals surface area contributed by atoms with Crippen LogP contribution in [0.3, 0.4) is 0 Å². The number of alkyl halides is 3. The van der Waals surface area contributed by atoms with Crippen LogP contribution in [0, 0.1) is 5.82 Å². The minimum atomic E-state index is -4.68. The van der Waals surface area contributed by atoms with Gasteiger partial charge in [0.2, 0.25) is 0 Å². The van der Waals surface area contributed by atoms with Gasteiger partial charge in [-0.1, -0.05) is 18.2 Å². The second kappa shape index (κ2) is 8.56. The van der Waals surface area contributed by atoms with E-state index in [0.29, 0.717) is 28.8 Å². The summed E-state index contributed by atoms with van der Waals surface area (Å²) in [6.07, 6.45) is -3.11. The normalized spacial score (nSPS) is 13.9. The van der Waals surface area contributed by atoms with Crippen molar-refractivity contribution in [3.63, 3.8) is 0 Å². The van der Waals surface area contributed by atoms with Gasteiger partial charge in [0.1, 0.15) is 34.8 Å². The first kappa shape index (κ1) is 22.1. The number of ether oxygens (including phenoxy) is 1. The Morgan fingerprint density at radius 1 is 1.15 bits per heavy atom. The van der Waals surface area contributed by atoms with Crippen LogP contribution in [0.5, 0.6) is 5.75 Å². The average Bonchev–Trinajstić information content (AvgIpc) is 3.48. The van der Waals surface area contributed by atoms with E-state index in [1.807, 2.05) is 0 Å². The van der Waals surface area contributed by atoms with Crippen LogP contribution in [0.1, 0.15) is 27.9 Å². The third-order valence-corrected chi connectivity index (χ3v) is 6.28. The smallest absolute Gasteiger partial charge is 0.416 e. The highest BCUT2D eigenvalue weighted by Crippen LogP contribution is 2.44. The number of nitrogens with one attached hydrogen (secondary N) is 1. The zero-order valence-corrected chi connectivity index (χ0v) is 18.5. The summed E-state index contributed by atoms with van der Waals surface area (Å²) < 4.78 is 64.3. The lowest BCUT2D eigenvalue weighted by Gasteiger charge is -2.26. The first-order valence-corrected chi connectivity index (χ1v) is 11.0. The summed E-state index contributed by atoms with van der Waals surface area (Å²) in [5.41, 5.74) is 2.26. The van der Waals surface area contributed by atoms with Gasteiger partial charge >= 0.3 is 6.18 Å². The van der Waals surface area contributed by atoms with Crippen LogP contribution in [-0.4, -0.2) is 34.8 Å². The van der Waals surface area contributed by atoms with Gasteiger partial charge in [0.15, 0.2) is 0 Å². The molecule has 0 aliphatic carbocycles. The highest BCUT2D eigenvalue weighted by molar-refractivity contribution is 7.09. The Labute approximate surface area is 195 Å². The first-order valence-electron chi connectivity index (χ1n) is 10.1. The maximum Gasteiger partial charge on any atom is 0.416 e. The van der Waals surface area contributed by atoms with Crippen molar-refractivity contribution in [1.29, 1.82) is 0 Å². The van der Waals surface area contributed by atoms with E-state index in [2.05, 4.69) is 20.5 Å². The molecule has 0 saturated heterocycles. The second-order valence-electron chi connectivity index (χ2n) is 7.46. The van der Waals surface area contributed by atoms with E-state index in [-0.39, 0.29) is 16.9 Å². The maximum absolute atomic E-state index is 14.9. The Morgan fingerprint density at radius 2 is 1.97 bits per heavy atom. The molecule has 1 aliphatic heterocycles. The highest BCUT2D eigenvalue weighted by atomic mass is 32.1. The summed E-state index contributed by atoms with van der Waals surface area (Å²) in [5, 5.41) is 11.4. The van der Waals surface area contributed by atoms with Crippen molar-refractivity contribution in [2.75, 3.05) is 19.1 Å². The van der Waals surface area contributed by atoms with Crippen molar-refractivity contribution in [2.45, 2.75) is 12.2 Å². The van der Waals surface area contributed by atoms with Gasteiger partial charge in [-0.15, -0.1) is 21.5 Å². The number of aliphatic imine (C=N–C) groups is 1. The van der Waals surface area contributed by atoms with E-state index >= 15 is 0 Å². The summed E-state index contributed by atoms with van der Waals surface area (Å²) in [4.78, 5) is 4.24. The Morgan fingerprint density at radius 3 is 2.68 bits per heavy atom. The van der Waals surface area contributed by atoms with Gasteiger partial charge in [0.25, 0.3) is 0 Å². The second-order valence-corrected chi connectivity index (χ2v) is 8.32. The molecule has 174 valence electrons. The lowest BCUT2D eigenvalue weighted by molar-refractivity contribution is -0.138. The summed E-state index contributed by atoms with van der Waals surface area (Å²) in [5.74, 6) is -0.434. The topological polar surface area (TPSA) is 64.3 Å². The molecule has 34 heavy (non-hydrogen) atoms. The number of aromatic nitrogens is 3. The zero-order valence-electron chi connectivity index (χ0n) is 17.7. The summed E-state index contributed by atoms with van der Waals surface area (Å²) >= 11 is 1.11. The van der Waals surface area contributed by atoms with Gasteiger partial charge in [0, 0.05) is 11.8 Å². The molecule has 1 atom stereocenters. The van der Waals surface area contributed by atoms with Crippen molar-refractivity contribution >= 4 is 23.2 Å². The van der Waals surface area contributed by atoms with Crippen molar-refractivity contribution in [3.8, 4) is 17.0 Å². The number of benzene rings is 2. The van der Waals surface area contributed by atoms with Crippen molar-refractivity contribution in [1.82, 2.24) is 14.8 Å². The van der Waals surface area contributed by atoms with E-state index in [4.69, 9.17) is 4.74 Å². The summed E-state index contributed by atoms with van der Waals surface area (Å²) in [6, 6.07) is 10.5. The fraction of sp³-hybridized carbons (Fsp3) is 0.174. The van der Waals surface area contributed by atoms with E-state index in [9.17, 15) is 17.6 Å². The quantitative estimate of drug-likeness (QED) is 0.372. The van der Waals surface area contributed by atoms with Crippen molar-refractivity contribution in [2.24, 2.45) is 4.99 Å². The molecule has 0 saturated carbocycles. The van der Waals surface area contributed by atoms with Crippen LogP contribution < -0.4 is 10.1 Å². The predicted molar refractivity (Wildman–Crippen MR) is 121 cm³/mol. The minimum Gasteiger partial charge on any atom is -0.497 e. The van der Waals surface area contributed by atoms with Gasteiger partial charge in [-0.2, -0.15) is 13.2 Å². The Kier molecular flexibility index (Phi) is 5.56. The Hall–Kier alpha value is -3.73. The van der Waals surface area contributed by atoms with Crippen LogP contribution in [0.15, 0.2) is 59.0 Å². The third-order valence-electron chi connectivity index (χ3n) is 5.53. The number of hydrogen-bond acceptors (Lipinski definition) is 6. The molecule has 1 aliphatic rings. The number of hydrogen-bond donors (Lipinski definition) is 1. The van der Waals surface area contributed by atoms with Gasteiger partial charge in [-0.3, -0.25) is 4.99 Å². The third kappa shape index (κ3) is 3.81. The molecule has 0 amide bonds. The Balaban J connectivity index is 1.85. The van der Waals surface area contributed by atoms with Crippen LogP contribution in [0.2, 0.25) is 0 Å². The van der Waals surface area contributed by atoms with Gasteiger partial charge in [-0.05, 0) is 35.9 Å². The highest BCUT2D eigenvalue weighted by Gasteiger charge is 2.39. The maximum atomic E-state index is 14.9. The lowest BCUT2D eigenvalue weighted by atomic mass is 9.98. The Bertz CT molecular complexity index is 1360. The molecular formula is C23H17F4N5OS. The molecule has 4 aromatic rings. The molecule has 6 nitrogen and oxygen atoms in total. The van der Waals surface area contributed by atoms with Crippen molar-refractivity contribution in [3.05, 3.63) is 81.7 Å². The molecule has 0 fully saturated rings. The monoisotopic (exact) mass is 487 g/mol. The molecule has 2 aromatic carbocycles. The number of nitrogens with zero attached hydrogens (tertiary/aromatic N) is 4. The molecule has 0 spiro atoms. The first-order chi connectivity index (χ1) is 16.4. The van der Waals surface area contributed by atoms with Crippen LogP contribution in [0.25, 0.3) is 11.3 Å². The molecule has 0 bridgehead atoms. The van der Waals surface area contributed by atoms with E-state index < -0.39 is 23.6 Å². The number of fused-ring (bicyclic) bond motifs is 1. The fourth-order valence-electron chi connectivity index (χ4n) is 4.06. The molecule has 0 radical (unpaired) electrons. The van der Waals surface area contributed by atoms with Crippen LogP contribution in [0.4, 0.5) is 23.2 Å². The molecule has 5 rings (SSSR count). The minimum absolute atomic E-state index is 0.0687. The van der Waals surface area contributed by atoms with E-state index in [1.165, 1.54) is 30.8 Å². The van der Waals surface area contributed by atoms with E-state index in [0.717, 1.165) is 17.4 Å². The molecule has 1 unspecified atom stereocenters. The zero-order chi connectivity index (χ0) is 23.9. The van der Waals surface area contributed by atoms with Gasteiger partial charge in [0.05, 0.1) is 29.7 Å². The predicted octanol–water partition coefficient (Wildman–Crippen LogP) is 5.61. The number of rotatable bonds is 5. The van der Waals surface area contributed by atoms with Crippen LogP contribution in [-0.2, 0) is 6.18 Å². The molecule has 11 heteroatoms. The SMILES string of the molecule is COc1ccc(C(c2nncs2)n2c(-c3ccccc3F)cc3c2C=NCN3)c(C(F)(F)F)c1. The van der Waals surface area contributed by atoms with Crippen LogP contribution >= 0.6 is 11.3 Å². The molecule has 1 N–H and O–H groups in total. The standard InChI is InChI=1S/C23H17F4N5OS/c1-33-13-6-7-14(16(8-13)23(25,26)27)21(22-31-30-12-34-22)32-19(15-4-2-3-5-17(15)24)9-18-20(32)10-28-11-29-18/h2-10,12,21,29H,11H2,1H3. The molecular weight excluding hydrogens is 470 g/mol. The molecule has 3 heterocycles. The van der Waals surface area contributed by atoms with Crippen molar-refractivity contribution < 1.29 is 22.3 Å². The summed E-state index contributed by atoms with van der Waals surface area (Å²) in [6.45, 7) is 0.299. The summed E-state index contributed by atoms with van der Waals surface area (Å²) in [7, 11) is 1.30. The van der Waals surface area contributed by atoms with Gasteiger partial charge in [-0.25, -0.2) is 4.39 Å². The van der Waals surface area contributed by atoms with Gasteiger partial charge < -0.3 is 14.6 Å². The average molecular weight is 487 g/mol. The van der Waals surface area contributed by atoms with E-state index in [1.54, 1.807) is 35.0 Å². The number of anilines is 1. The fourth-order valence-corrected chi connectivity index (χ4v) is 4.72. The number of halogens is 4. The largest absolute Gasteiger partial charge is 0.497 e. The lowest BCUT2D eigenvalue weighted by Crippen LogP contribution is -2.22. The number of methoxy groups -OCH3 is 1.